The van der Waals surface area contributed by atoms with Crippen molar-refractivity contribution >= 4 is 5.91 Å². The molecule has 1 aliphatic heterocycles. The van der Waals surface area contributed by atoms with Crippen LogP contribution in [0.3, 0.4) is 0 Å². The molecule has 3 aromatic rings. The van der Waals surface area contributed by atoms with Crippen LogP contribution in [0.5, 0.6) is 5.75 Å². The number of benzene rings is 2. The molecule has 0 N–H and O–H groups in total. The first kappa shape index (κ1) is 15.4. The van der Waals surface area contributed by atoms with Gasteiger partial charge in [-0.3, -0.25) is 4.79 Å². The van der Waals surface area contributed by atoms with Crippen LogP contribution in [0.1, 0.15) is 21.8 Å². The molecule has 0 atom stereocenters. The fourth-order valence-electron chi connectivity index (χ4n) is 2.99. The molecular formula is C19H17N3O3. The summed E-state index contributed by atoms with van der Waals surface area (Å²) in [6.07, 6.45) is 0.832. The zero-order chi connectivity index (χ0) is 17.2. The van der Waals surface area contributed by atoms with Crippen LogP contribution in [-0.4, -0.2) is 34.7 Å². The molecular weight excluding hydrogens is 318 g/mol. The fraction of sp³-hybridized carbons (Fsp3) is 0.211. The van der Waals surface area contributed by atoms with Crippen molar-refractivity contribution in [1.82, 2.24) is 15.1 Å². The van der Waals surface area contributed by atoms with Crippen LogP contribution in [0, 0.1) is 0 Å². The van der Waals surface area contributed by atoms with E-state index in [-0.39, 0.29) is 11.8 Å². The van der Waals surface area contributed by atoms with E-state index in [0.717, 1.165) is 17.5 Å². The highest BCUT2D eigenvalue weighted by Crippen LogP contribution is 2.24. The standard InChI is InChI=1S/C19H17N3O3/c1-24-16-8-4-7-14(11-16)17-20-21-18(25-17)19(23)22-10-9-13-5-2-3-6-15(13)12-22/h2-8,11H,9-10,12H2,1H3. The number of carbonyl (C=O) groups excluding carboxylic acids is 1. The molecule has 6 heteroatoms. The SMILES string of the molecule is COc1cccc(-c2nnc(C(=O)N3CCc4ccccc4C3)o2)c1. The molecule has 126 valence electrons. The molecule has 0 saturated heterocycles. The predicted octanol–water partition coefficient (Wildman–Crippen LogP) is 2.94. The summed E-state index contributed by atoms with van der Waals surface area (Å²) in [4.78, 5) is 14.4. The Morgan fingerprint density at radius 2 is 1.96 bits per heavy atom. The Kier molecular flexibility index (Phi) is 3.93. The first-order valence-electron chi connectivity index (χ1n) is 8.08. The molecule has 0 bridgehead atoms. The molecule has 25 heavy (non-hydrogen) atoms. The molecule has 0 unspecified atom stereocenters. The van der Waals surface area contributed by atoms with Crippen LogP contribution in [0.15, 0.2) is 52.9 Å². The summed E-state index contributed by atoms with van der Waals surface area (Å²) < 4.78 is 10.8. The van der Waals surface area contributed by atoms with Gasteiger partial charge >= 0.3 is 11.8 Å². The maximum atomic E-state index is 12.7. The minimum atomic E-state index is -0.240. The van der Waals surface area contributed by atoms with Gasteiger partial charge in [-0.15, -0.1) is 10.2 Å². The van der Waals surface area contributed by atoms with Crippen LogP contribution in [0.4, 0.5) is 0 Å². The van der Waals surface area contributed by atoms with Crippen molar-refractivity contribution in [2.45, 2.75) is 13.0 Å². The van der Waals surface area contributed by atoms with Crippen LogP contribution in [0.25, 0.3) is 11.5 Å². The van der Waals surface area contributed by atoms with E-state index in [4.69, 9.17) is 9.15 Å². The molecule has 4 rings (SSSR count). The lowest BCUT2D eigenvalue weighted by atomic mass is 10.00. The van der Waals surface area contributed by atoms with Gasteiger partial charge in [0.25, 0.3) is 0 Å². The summed E-state index contributed by atoms with van der Waals surface area (Å²) in [7, 11) is 1.59. The molecule has 1 aliphatic rings. The van der Waals surface area contributed by atoms with Crippen LogP contribution < -0.4 is 4.74 Å². The lowest BCUT2D eigenvalue weighted by molar-refractivity contribution is 0.0695. The minimum Gasteiger partial charge on any atom is -0.497 e. The third-order valence-corrected chi connectivity index (χ3v) is 4.34. The highest BCUT2D eigenvalue weighted by Gasteiger charge is 2.26. The summed E-state index contributed by atoms with van der Waals surface area (Å²) in [5.74, 6) is 0.768. The second kappa shape index (κ2) is 6.39. The van der Waals surface area contributed by atoms with Crippen molar-refractivity contribution in [3.63, 3.8) is 0 Å². The Balaban J connectivity index is 1.55. The molecule has 0 saturated carbocycles. The number of amides is 1. The van der Waals surface area contributed by atoms with E-state index >= 15 is 0 Å². The average molecular weight is 335 g/mol. The third kappa shape index (κ3) is 2.98. The second-order valence-corrected chi connectivity index (χ2v) is 5.89. The molecule has 0 radical (unpaired) electrons. The molecule has 0 aliphatic carbocycles. The zero-order valence-electron chi connectivity index (χ0n) is 13.8. The second-order valence-electron chi connectivity index (χ2n) is 5.89. The van der Waals surface area contributed by atoms with E-state index in [1.807, 2.05) is 36.4 Å². The maximum Gasteiger partial charge on any atom is 0.311 e. The quantitative estimate of drug-likeness (QED) is 0.736. The van der Waals surface area contributed by atoms with Gasteiger partial charge in [0.15, 0.2) is 0 Å². The summed E-state index contributed by atoms with van der Waals surface area (Å²) in [6, 6.07) is 15.4. The topological polar surface area (TPSA) is 68.5 Å². The molecule has 6 nitrogen and oxygen atoms in total. The number of carbonyl (C=O) groups is 1. The van der Waals surface area contributed by atoms with E-state index in [2.05, 4.69) is 16.3 Å². The molecule has 1 aromatic heterocycles. The van der Waals surface area contributed by atoms with E-state index in [1.54, 1.807) is 18.1 Å². The highest BCUT2D eigenvalue weighted by atomic mass is 16.5. The molecule has 0 spiro atoms. The lowest BCUT2D eigenvalue weighted by Gasteiger charge is -2.27. The average Bonchev–Trinajstić information content (AvgIpc) is 3.17. The first-order valence-corrected chi connectivity index (χ1v) is 8.08. The number of nitrogens with zero attached hydrogens (tertiary/aromatic N) is 3. The predicted molar refractivity (Wildman–Crippen MR) is 91.2 cm³/mol. The number of hydrogen-bond donors (Lipinski definition) is 0. The molecule has 0 fully saturated rings. The van der Waals surface area contributed by atoms with Crippen molar-refractivity contribution in [2.24, 2.45) is 0 Å². The van der Waals surface area contributed by atoms with Crippen molar-refractivity contribution in [1.29, 1.82) is 0 Å². The molecule has 1 amide bonds. The fourth-order valence-corrected chi connectivity index (χ4v) is 2.99. The van der Waals surface area contributed by atoms with Crippen molar-refractivity contribution < 1.29 is 13.9 Å². The smallest absolute Gasteiger partial charge is 0.311 e. The third-order valence-electron chi connectivity index (χ3n) is 4.34. The first-order chi connectivity index (χ1) is 12.2. The Labute approximate surface area is 145 Å². The number of fused-ring (bicyclic) bond motifs is 1. The van der Waals surface area contributed by atoms with E-state index in [9.17, 15) is 4.79 Å². The van der Waals surface area contributed by atoms with Crippen molar-refractivity contribution in [2.75, 3.05) is 13.7 Å². The van der Waals surface area contributed by atoms with Gasteiger partial charge in [0.1, 0.15) is 5.75 Å². The van der Waals surface area contributed by atoms with Crippen LogP contribution in [-0.2, 0) is 13.0 Å². The van der Waals surface area contributed by atoms with Gasteiger partial charge in [0.05, 0.1) is 7.11 Å². The van der Waals surface area contributed by atoms with Gasteiger partial charge in [-0.1, -0.05) is 30.3 Å². The molecule has 2 aromatic carbocycles. The van der Waals surface area contributed by atoms with E-state index < -0.39 is 0 Å². The highest BCUT2D eigenvalue weighted by molar-refractivity contribution is 5.90. The Morgan fingerprint density at radius 3 is 2.80 bits per heavy atom. The molecule has 2 heterocycles. The van der Waals surface area contributed by atoms with Gasteiger partial charge in [-0.05, 0) is 35.7 Å². The van der Waals surface area contributed by atoms with Gasteiger partial charge < -0.3 is 14.1 Å². The monoisotopic (exact) mass is 335 g/mol. The maximum absolute atomic E-state index is 12.7. The number of hydrogen-bond acceptors (Lipinski definition) is 5. The summed E-state index contributed by atoms with van der Waals surface area (Å²) in [5.41, 5.74) is 3.17. The largest absolute Gasteiger partial charge is 0.497 e. The summed E-state index contributed by atoms with van der Waals surface area (Å²) in [6.45, 7) is 1.21. The van der Waals surface area contributed by atoms with Gasteiger partial charge in [-0.2, -0.15) is 0 Å². The van der Waals surface area contributed by atoms with Gasteiger partial charge in [0, 0.05) is 18.7 Å². The number of aromatic nitrogens is 2. The van der Waals surface area contributed by atoms with E-state index in [1.165, 1.54) is 5.56 Å². The Bertz CT molecular complexity index is 920. The van der Waals surface area contributed by atoms with Crippen LogP contribution >= 0.6 is 0 Å². The van der Waals surface area contributed by atoms with Crippen LogP contribution in [0.2, 0.25) is 0 Å². The van der Waals surface area contributed by atoms with E-state index in [0.29, 0.717) is 24.7 Å². The van der Waals surface area contributed by atoms with Gasteiger partial charge in [-0.25, -0.2) is 0 Å². The minimum absolute atomic E-state index is 0.0113. The Hall–Kier alpha value is -3.15. The zero-order valence-corrected chi connectivity index (χ0v) is 13.8. The van der Waals surface area contributed by atoms with Crippen molar-refractivity contribution in [3.05, 3.63) is 65.5 Å². The number of methoxy groups -OCH3 is 1. The number of ether oxygens (including phenoxy) is 1. The van der Waals surface area contributed by atoms with Crippen molar-refractivity contribution in [3.8, 4) is 17.2 Å². The summed E-state index contributed by atoms with van der Waals surface area (Å²) in [5, 5.41) is 7.93. The summed E-state index contributed by atoms with van der Waals surface area (Å²) >= 11 is 0. The van der Waals surface area contributed by atoms with Gasteiger partial charge in [0.2, 0.25) is 5.89 Å². The normalized spacial score (nSPS) is 13.4. The number of rotatable bonds is 3. The lowest BCUT2D eigenvalue weighted by Crippen LogP contribution is -2.36. The Morgan fingerprint density at radius 1 is 1.12 bits per heavy atom.